The summed E-state index contributed by atoms with van der Waals surface area (Å²) in [6.45, 7) is 2.81. The molecule has 2 aromatic heterocycles. The number of aromatic nitrogens is 2. The highest BCUT2D eigenvalue weighted by Gasteiger charge is 2.36. The molecule has 0 unspecified atom stereocenters. The Hall–Kier alpha value is -1.82. The second-order valence-electron chi connectivity index (χ2n) is 6.70. The first-order chi connectivity index (χ1) is 11.6. The minimum atomic E-state index is 0.0677. The molecule has 0 bridgehead atoms. The van der Waals surface area contributed by atoms with E-state index in [0.29, 0.717) is 0 Å². The summed E-state index contributed by atoms with van der Waals surface area (Å²) in [5, 5.41) is 4.49. The number of carbonyl (C=O) groups excluding carboxylic acids is 1. The van der Waals surface area contributed by atoms with Crippen molar-refractivity contribution in [2.45, 2.75) is 45.1 Å². The molecule has 128 valence electrons. The number of ether oxygens (including phenoxy) is 1. The Kier molecular flexibility index (Phi) is 3.87. The highest BCUT2D eigenvalue weighted by molar-refractivity contribution is 7.14. The van der Waals surface area contributed by atoms with E-state index in [0.717, 1.165) is 54.2 Å². The summed E-state index contributed by atoms with van der Waals surface area (Å²) in [6.07, 6.45) is 5.48. The highest BCUT2D eigenvalue weighted by Crippen LogP contribution is 2.40. The molecule has 5 nitrogen and oxygen atoms in total. The van der Waals surface area contributed by atoms with Gasteiger partial charge in [-0.2, -0.15) is 5.10 Å². The fraction of sp³-hybridized carbons (Fsp3) is 0.556. The lowest BCUT2D eigenvalue weighted by Crippen LogP contribution is -2.30. The SMILES string of the molecule is COc1c([C@H]2CCCN2C(=O)c2cc3c(s2)CCC3)c(C)nn1C. The molecule has 0 N–H and O–H groups in total. The first kappa shape index (κ1) is 15.7. The number of nitrogens with zero attached hydrogens (tertiary/aromatic N) is 3. The number of hydrogen-bond acceptors (Lipinski definition) is 4. The third-order valence-electron chi connectivity index (χ3n) is 5.21. The number of methoxy groups -OCH3 is 1. The largest absolute Gasteiger partial charge is 0.481 e. The summed E-state index contributed by atoms with van der Waals surface area (Å²) in [5.41, 5.74) is 3.40. The first-order valence-corrected chi connectivity index (χ1v) is 9.42. The topological polar surface area (TPSA) is 47.4 Å². The van der Waals surface area contributed by atoms with Crippen molar-refractivity contribution in [2.75, 3.05) is 13.7 Å². The van der Waals surface area contributed by atoms with Crippen LogP contribution in [0.1, 0.15) is 56.7 Å². The van der Waals surface area contributed by atoms with E-state index in [1.54, 1.807) is 23.1 Å². The summed E-state index contributed by atoms with van der Waals surface area (Å²) in [6, 6.07) is 2.19. The van der Waals surface area contributed by atoms with Gasteiger partial charge in [0, 0.05) is 18.5 Å². The molecule has 0 aromatic carbocycles. The maximum atomic E-state index is 13.1. The van der Waals surface area contributed by atoms with Gasteiger partial charge < -0.3 is 9.64 Å². The fourth-order valence-electron chi connectivity index (χ4n) is 4.16. The van der Waals surface area contributed by atoms with Crippen LogP contribution in [-0.4, -0.2) is 34.2 Å². The van der Waals surface area contributed by atoms with Crippen molar-refractivity contribution < 1.29 is 9.53 Å². The van der Waals surface area contributed by atoms with E-state index in [4.69, 9.17) is 4.74 Å². The normalized spacial score (nSPS) is 19.8. The van der Waals surface area contributed by atoms with Gasteiger partial charge in [0.1, 0.15) is 0 Å². The van der Waals surface area contributed by atoms with Crippen LogP contribution < -0.4 is 4.74 Å². The number of aryl methyl sites for hydroxylation is 4. The lowest BCUT2D eigenvalue weighted by Gasteiger charge is -2.24. The molecule has 1 atom stereocenters. The third kappa shape index (κ3) is 2.35. The van der Waals surface area contributed by atoms with Gasteiger partial charge >= 0.3 is 0 Å². The van der Waals surface area contributed by atoms with Gasteiger partial charge in [-0.25, -0.2) is 4.68 Å². The predicted octanol–water partition coefficient (Wildman–Crippen LogP) is 3.26. The zero-order valence-corrected chi connectivity index (χ0v) is 15.3. The fourth-order valence-corrected chi connectivity index (χ4v) is 5.37. The van der Waals surface area contributed by atoms with Crippen LogP contribution in [-0.2, 0) is 19.9 Å². The molecule has 1 aliphatic carbocycles. The van der Waals surface area contributed by atoms with E-state index in [1.165, 1.54) is 16.9 Å². The minimum Gasteiger partial charge on any atom is -0.481 e. The van der Waals surface area contributed by atoms with Crippen molar-refractivity contribution >= 4 is 17.2 Å². The second-order valence-corrected chi connectivity index (χ2v) is 7.84. The molecule has 1 aliphatic heterocycles. The molecule has 3 heterocycles. The average molecular weight is 345 g/mol. The Morgan fingerprint density at radius 3 is 2.96 bits per heavy atom. The number of rotatable bonds is 3. The summed E-state index contributed by atoms with van der Waals surface area (Å²) < 4.78 is 7.33. The molecule has 0 spiro atoms. The van der Waals surface area contributed by atoms with Crippen LogP contribution in [0.5, 0.6) is 5.88 Å². The van der Waals surface area contributed by atoms with Crippen LogP contribution in [0, 0.1) is 6.92 Å². The van der Waals surface area contributed by atoms with E-state index in [9.17, 15) is 4.79 Å². The van der Waals surface area contributed by atoms with Gasteiger partial charge in [-0.05, 0) is 50.7 Å². The van der Waals surface area contributed by atoms with Gasteiger partial charge in [0.15, 0.2) is 0 Å². The maximum Gasteiger partial charge on any atom is 0.264 e. The summed E-state index contributed by atoms with van der Waals surface area (Å²) >= 11 is 1.69. The maximum absolute atomic E-state index is 13.1. The zero-order chi connectivity index (χ0) is 16.8. The molecule has 6 heteroatoms. The quantitative estimate of drug-likeness (QED) is 0.858. The molecule has 4 rings (SSSR count). The molecule has 2 aromatic rings. The molecule has 24 heavy (non-hydrogen) atoms. The molecule has 0 saturated carbocycles. The Morgan fingerprint density at radius 1 is 1.38 bits per heavy atom. The monoisotopic (exact) mass is 345 g/mol. The predicted molar refractivity (Wildman–Crippen MR) is 93.9 cm³/mol. The van der Waals surface area contributed by atoms with Crippen molar-refractivity contribution in [3.05, 3.63) is 32.6 Å². The van der Waals surface area contributed by atoms with Crippen molar-refractivity contribution in [1.29, 1.82) is 0 Å². The van der Waals surface area contributed by atoms with Crippen LogP contribution in [0.15, 0.2) is 6.07 Å². The smallest absolute Gasteiger partial charge is 0.264 e. The first-order valence-electron chi connectivity index (χ1n) is 8.60. The zero-order valence-electron chi connectivity index (χ0n) is 14.5. The van der Waals surface area contributed by atoms with Crippen LogP contribution in [0.3, 0.4) is 0 Å². The second kappa shape index (κ2) is 5.92. The van der Waals surface area contributed by atoms with Crippen molar-refractivity contribution in [1.82, 2.24) is 14.7 Å². The summed E-state index contributed by atoms with van der Waals surface area (Å²) in [7, 11) is 3.56. The summed E-state index contributed by atoms with van der Waals surface area (Å²) in [5.74, 6) is 0.938. The van der Waals surface area contributed by atoms with E-state index < -0.39 is 0 Å². The number of carbonyl (C=O) groups is 1. The summed E-state index contributed by atoms with van der Waals surface area (Å²) in [4.78, 5) is 17.4. The van der Waals surface area contributed by atoms with Gasteiger partial charge in [-0.1, -0.05) is 0 Å². The van der Waals surface area contributed by atoms with Crippen LogP contribution in [0.4, 0.5) is 0 Å². The Balaban J connectivity index is 1.66. The molecule has 2 aliphatic rings. The van der Waals surface area contributed by atoms with Gasteiger partial charge in [0.2, 0.25) is 5.88 Å². The van der Waals surface area contributed by atoms with E-state index in [-0.39, 0.29) is 11.9 Å². The standard InChI is InChI=1S/C18H23N3O2S/c1-11-16(18(23-3)20(2)19-11)13-7-5-9-21(13)17(22)15-10-12-6-4-8-14(12)24-15/h10,13H,4-9H2,1-3H3/t13-/m1/s1. The van der Waals surface area contributed by atoms with Crippen LogP contribution >= 0.6 is 11.3 Å². The number of likely N-dealkylation sites (tertiary alicyclic amines) is 1. The lowest BCUT2D eigenvalue weighted by molar-refractivity contribution is 0.0738. The van der Waals surface area contributed by atoms with E-state index >= 15 is 0 Å². The van der Waals surface area contributed by atoms with E-state index in [2.05, 4.69) is 11.2 Å². The number of amides is 1. The van der Waals surface area contributed by atoms with Gasteiger partial charge in [0.25, 0.3) is 5.91 Å². The Bertz CT molecular complexity index is 771. The Labute approximate surface area is 146 Å². The van der Waals surface area contributed by atoms with Gasteiger partial charge in [-0.3, -0.25) is 4.79 Å². The van der Waals surface area contributed by atoms with Crippen LogP contribution in [0.2, 0.25) is 0 Å². The molecular formula is C18H23N3O2S. The molecule has 1 fully saturated rings. The molecular weight excluding hydrogens is 322 g/mol. The molecule has 0 radical (unpaired) electrons. The Morgan fingerprint density at radius 2 is 2.21 bits per heavy atom. The molecule has 1 saturated heterocycles. The number of hydrogen-bond donors (Lipinski definition) is 0. The number of thiophene rings is 1. The highest BCUT2D eigenvalue weighted by atomic mass is 32.1. The van der Waals surface area contributed by atoms with Gasteiger partial charge in [-0.15, -0.1) is 11.3 Å². The van der Waals surface area contributed by atoms with Crippen molar-refractivity contribution in [3.63, 3.8) is 0 Å². The molecule has 1 amide bonds. The lowest BCUT2D eigenvalue weighted by atomic mass is 10.0. The van der Waals surface area contributed by atoms with Crippen LogP contribution in [0.25, 0.3) is 0 Å². The third-order valence-corrected chi connectivity index (χ3v) is 6.44. The van der Waals surface area contributed by atoms with Crippen molar-refractivity contribution in [2.24, 2.45) is 7.05 Å². The number of fused-ring (bicyclic) bond motifs is 1. The average Bonchev–Trinajstić information content (AvgIpc) is 3.27. The van der Waals surface area contributed by atoms with Gasteiger partial charge in [0.05, 0.1) is 29.3 Å². The van der Waals surface area contributed by atoms with E-state index in [1.807, 2.05) is 18.9 Å². The van der Waals surface area contributed by atoms with Crippen molar-refractivity contribution in [3.8, 4) is 5.88 Å². The minimum absolute atomic E-state index is 0.0677.